The molecule has 6 heteroatoms. The lowest BCUT2D eigenvalue weighted by molar-refractivity contribution is -0.0351. The summed E-state index contributed by atoms with van der Waals surface area (Å²) < 4.78 is 8.13. The number of rotatable bonds is 6. The van der Waals surface area contributed by atoms with Gasteiger partial charge < -0.3 is 4.74 Å². The smallest absolute Gasteiger partial charge is 0.112 e. The molecule has 1 saturated heterocycles. The molecule has 0 N–H and O–H groups in total. The van der Waals surface area contributed by atoms with E-state index in [4.69, 9.17) is 21.3 Å². The highest BCUT2D eigenvalue weighted by Gasteiger charge is 2.24. The summed E-state index contributed by atoms with van der Waals surface area (Å²) in [5.41, 5.74) is 6.75. The van der Waals surface area contributed by atoms with Crippen LogP contribution in [-0.4, -0.2) is 39.4 Å². The Hall–Kier alpha value is -2.21. The van der Waals surface area contributed by atoms with Gasteiger partial charge in [-0.1, -0.05) is 29.8 Å². The Kier molecular flexibility index (Phi) is 6.52. The second kappa shape index (κ2) is 9.29. The van der Waals surface area contributed by atoms with Gasteiger partial charge in [-0.3, -0.25) is 14.6 Å². The van der Waals surface area contributed by atoms with Crippen molar-refractivity contribution in [1.29, 1.82) is 0 Å². The van der Waals surface area contributed by atoms with Crippen LogP contribution in [0.25, 0.3) is 0 Å². The van der Waals surface area contributed by atoms with E-state index in [2.05, 4.69) is 48.2 Å². The second-order valence-electron chi connectivity index (χ2n) is 8.00. The SMILES string of the molecule is CCn1cc(CN2CCO[C@@H](c3cc(Cc4ccccc4Cl)cc(C)n3)C2)c(C)n1. The summed E-state index contributed by atoms with van der Waals surface area (Å²) in [6, 6.07) is 12.3. The summed E-state index contributed by atoms with van der Waals surface area (Å²) in [7, 11) is 0. The molecule has 0 aliphatic carbocycles. The summed E-state index contributed by atoms with van der Waals surface area (Å²) in [6.07, 6.45) is 2.93. The molecule has 3 heterocycles. The maximum Gasteiger partial charge on any atom is 0.112 e. The highest BCUT2D eigenvalue weighted by Crippen LogP contribution is 2.26. The molecule has 1 aliphatic heterocycles. The van der Waals surface area contributed by atoms with E-state index in [1.165, 1.54) is 11.1 Å². The van der Waals surface area contributed by atoms with Crippen molar-refractivity contribution in [3.63, 3.8) is 0 Å². The zero-order chi connectivity index (χ0) is 21.1. The van der Waals surface area contributed by atoms with E-state index in [0.717, 1.165) is 60.3 Å². The molecule has 158 valence electrons. The Bertz CT molecular complexity index is 1020. The van der Waals surface area contributed by atoms with E-state index in [9.17, 15) is 0 Å². The molecule has 1 atom stereocenters. The molecule has 30 heavy (non-hydrogen) atoms. The topological polar surface area (TPSA) is 43.2 Å². The quantitative estimate of drug-likeness (QED) is 0.573. The largest absolute Gasteiger partial charge is 0.369 e. The van der Waals surface area contributed by atoms with Crippen LogP contribution in [0.2, 0.25) is 5.02 Å². The van der Waals surface area contributed by atoms with Crippen LogP contribution in [0.5, 0.6) is 0 Å². The van der Waals surface area contributed by atoms with Crippen molar-refractivity contribution in [3.05, 3.63) is 81.4 Å². The predicted octanol–water partition coefficient (Wildman–Crippen LogP) is 4.73. The van der Waals surface area contributed by atoms with Crippen molar-refractivity contribution in [2.24, 2.45) is 0 Å². The molecular weight excluding hydrogens is 396 g/mol. The first-order chi connectivity index (χ1) is 14.5. The number of halogens is 1. The van der Waals surface area contributed by atoms with Crippen LogP contribution >= 0.6 is 11.6 Å². The lowest BCUT2D eigenvalue weighted by Crippen LogP contribution is -2.38. The predicted molar refractivity (Wildman–Crippen MR) is 120 cm³/mol. The Morgan fingerprint density at radius 1 is 1.17 bits per heavy atom. The van der Waals surface area contributed by atoms with E-state index in [1.54, 1.807) is 0 Å². The summed E-state index contributed by atoms with van der Waals surface area (Å²) >= 11 is 6.37. The van der Waals surface area contributed by atoms with Gasteiger partial charge in [0.05, 0.1) is 18.0 Å². The molecule has 2 aromatic heterocycles. The van der Waals surface area contributed by atoms with Gasteiger partial charge in [-0.05, 0) is 56.5 Å². The van der Waals surface area contributed by atoms with Gasteiger partial charge in [0.15, 0.2) is 0 Å². The van der Waals surface area contributed by atoms with Crippen LogP contribution in [0.3, 0.4) is 0 Å². The molecule has 1 aliphatic rings. The van der Waals surface area contributed by atoms with Crippen LogP contribution < -0.4 is 0 Å². The first kappa shape index (κ1) is 21.0. The first-order valence-electron chi connectivity index (χ1n) is 10.6. The van der Waals surface area contributed by atoms with Crippen molar-refractivity contribution < 1.29 is 4.74 Å². The molecule has 1 fully saturated rings. The molecule has 0 amide bonds. The van der Waals surface area contributed by atoms with Crippen LogP contribution in [-0.2, 0) is 24.2 Å². The minimum absolute atomic E-state index is 0.0230. The maximum atomic E-state index is 6.37. The number of aromatic nitrogens is 3. The van der Waals surface area contributed by atoms with Crippen molar-refractivity contribution in [1.82, 2.24) is 19.7 Å². The van der Waals surface area contributed by atoms with E-state index >= 15 is 0 Å². The third-order valence-electron chi connectivity index (χ3n) is 5.63. The Morgan fingerprint density at radius 3 is 2.77 bits per heavy atom. The van der Waals surface area contributed by atoms with E-state index < -0.39 is 0 Å². The number of morpholine rings is 1. The molecule has 0 spiro atoms. The number of hydrogen-bond donors (Lipinski definition) is 0. The van der Waals surface area contributed by atoms with Crippen molar-refractivity contribution >= 4 is 11.6 Å². The number of ether oxygens (including phenoxy) is 1. The minimum atomic E-state index is -0.0230. The second-order valence-corrected chi connectivity index (χ2v) is 8.41. The van der Waals surface area contributed by atoms with Crippen molar-refractivity contribution in [2.45, 2.75) is 46.4 Å². The van der Waals surface area contributed by atoms with Gasteiger partial charge in [0.2, 0.25) is 0 Å². The number of aryl methyl sites for hydroxylation is 3. The number of pyridine rings is 1. The highest BCUT2D eigenvalue weighted by atomic mass is 35.5. The van der Waals surface area contributed by atoms with Crippen LogP contribution in [0, 0.1) is 13.8 Å². The molecule has 1 aromatic carbocycles. The van der Waals surface area contributed by atoms with E-state index in [0.29, 0.717) is 6.61 Å². The molecule has 0 radical (unpaired) electrons. The van der Waals surface area contributed by atoms with E-state index in [-0.39, 0.29) is 6.10 Å². The van der Waals surface area contributed by atoms with Gasteiger partial charge in [0.25, 0.3) is 0 Å². The summed E-state index contributed by atoms with van der Waals surface area (Å²) in [6.45, 7) is 10.5. The fraction of sp³-hybridized carbons (Fsp3) is 0.417. The fourth-order valence-corrected chi connectivity index (χ4v) is 4.24. The van der Waals surface area contributed by atoms with E-state index in [1.807, 2.05) is 29.8 Å². The summed E-state index contributed by atoms with van der Waals surface area (Å²) in [5, 5.41) is 5.38. The molecule has 0 bridgehead atoms. The lowest BCUT2D eigenvalue weighted by atomic mass is 10.0. The molecule has 0 saturated carbocycles. The zero-order valence-corrected chi connectivity index (χ0v) is 18.7. The number of hydrogen-bond acceptors (Lipinski definition) is 4. The fourth-order valence-electron chi connectivity index (χ4n) is 4.04. The average Bonchev–Trinajstić information content (AvgIpc) is 3.09. The third kappa shape index (κ3) is 4.91. The van der Waals surface area contributed by atoms with Gasteiger partial charge in [-0.15, -0.1) is 0 Å². The Morgan fingerprint density at radius 2 is 2.00 bits per heavy atom. The van der Waals surface area contributed by atoms with Crippen molar-refractivity contribution in [2.75, 3.05) is 19.7 Å². The number of nitrogens with zero attached hydrogens (tertiary/aromatic N) is 4. The molecule has 3 aromatic rings. The van der Waals surface area contributed by atoms with Crippen LogP contribution in [0.15, 0.2) is 42.6 Å². The molecular formula is C24H29ClN4O. The lowest BCUT2D eigenvalue weighted by Gasteiger charge is -2.32. The van der Waals surface area contributed by atoms with Crippen LogP contribution in [0.1, 0.15) is 46.8 Å². The number of benzene rings is 1. The highest BCUT2D eigenvalue weighted by molar-refractivity contribution is 6.31. The Labute approximate surface area is 183 Å². The van der Waals surface area contributed by atoms with Crippen LogP contribution in [0.4, 0.5) is 0 Å². The Balaban J connectivity index is 1.49. The third-order valence-corrected chi connectivity index (χ3v) is 6.00. The van der Waals surface area contributed by atoms with Crippen molar-refractivity contribution in [3.8, 4) is 0 Å². The average molecular weight is 425 g/mol. The summed E-state index contributed by atoms with van der Waals surface area (Å²) in [4.78, 5) is 7.24. The van der Waals surface area contributed by atoms with Gasteiger partial charge in [0, 0.05) is 48.7 Å². The summed E-state index contributed by atoms with van der Waals surface area (Å²) in [5.74, 6) is 0. The van der Waals surface area contributed by atoms with Gasteiger partial charge in [0.1, 0.15) is 6.10 Å². The molecule has 5 nitrogen and oxygen atoms in total. The zero-order valence-electron chi connectivity index (χ0n) is 17.9. The minimum Gasteiger partial charge on any atom is -0.369 e. The maximum absolute atomic E-state index is 6.37. The first-order valence-corrected chi connectivity index (χ1v) is 11.0. The molecule has 0 unspecified atom stereocenters. The standard InChI is InChI=1S/C24H29ClN4O/c1-4-29-15-21(18(3)27-29)14-28-9-10-30-24(16-28)23-13-19(11-17(2)26-23)12-20-7-5-6-8-22(20)25/h5-8,11,13,15,24H,4,9-10,12,14,16H2,1-3H3/t24-/m1/s1. The monoisotopic (exact) mass is 424 g/mol. The van der Waals surface area contributed by atoms with Gasteiger partial charge in [-0.25, -0.2) is 0 Å². The normalized spacial score (nSPS) is 17.4. The van der Waals surface area contributed by atoms with Gasteiger partial charge >= 0.3 is 0 Å². The van der Waals surface area contributed by atoms with Gasteiger partial charge in [-0.2, -0.15) is 5.10 Å². The molecule has 4 rings (SSSR count).